The van der Waals surface area contributed by atoms with Gasteiger partial charge in [0, 0.05) is 6.21 Å². The van der Waals surface area contributed by atoms with Crippen LogP contribution in [0.25, 0.3) is 0 Å². The third kappa shape index (κ3) is 4.52. The minimum atomic E-state index is -2.67. The quantitative estimate of drug-likeness (QED) is 0.327. The Kier molecular flexibility index (Phi) is 6.43. The predicted molar refractivity (Wildman–Crippen MR) is 125 cm³/mol. The van der Waals surface area contributed by atoms with E-state index in [0.29, 0.717) is 45.5 Å². The fourth-order valence-corrected chi connectivity index (χ4v) is 5.72. The molecule has 5 nitrogen and oxygen atoms in total. The Balaban J connectivity index is 2.06. The number of anilines is 2. The number of aliphatic imine (C=N–C) groups is 1. The summed E-state index contributed by atoms with van der Waals surface area (Å²) in [5.41, 5.74) is 2.39. The van der Waals surface area contributed by atoms with Gasteiger partial charge in [-0.15, -0.1) is 0 Å². The molecule has 0 aliphatic heterocycles. The number of hydrogen-bond donors (Lipinski definition) is 1. The van der Waals surface area contributed by atoms with Crippen molar-refractivity contribution in [2.45, 2.75) is 27.7 Å². The first kappa shape index (κ1) is 22.3. The molecule has 0 spiro atoms. The SMILES string of the molecule is Cc1ccc(Nc2nc(Cl)ncc2Cl)c(P(C)(C)=O)c1N=CC1C(C)C(C)C1C. The monoisotopic (exact) mass is 452 g/mol. The highest BCUT2D eigenvalue weighted by molar-refractivity contribution is 7.70. The average molecular weight is 453 g/mol. The summed E-state index contributed by atoms with van der Waals surface area (Å²) in [6.45, 7) is 12.3. The van der Waals surface area contributed by atoms with Crippen LogP contribution in [-0.4, -0.2) is 29.5 Å². The average Bonchev–Trinajstić information content (AvgIpc) is 2.65. The second-order valence-electron chi connectivity index (χ2n) is 8.37. The van der Waals surface area contributed by atoms with Crippen molar-refractivity contribution in [3.05, 3.63) is 34.2 Å². The first-order chi connectivity index (χ1) is 13.5. The fraction of sp³-hybridized carbons (Fsp3) is 0.476. The van der Waals surface area contributed by atoms with Crippen LogP contribution in [0.2, 0.25) is 10.3 Å². The molecule has 29 heavy (non-hydrogen) atoms. The normalized spacial score (nSPS) is 24.6. The van der Waals surface area contributed by atoms with Crippen LogP contribution in [0.4, 0.5) is 17.2 Å². The van der Waals surface area contributed by atoms with Crippen molar-refractivity contribution < 1.29 is 4.57 Å². The Bertz CT molecular complexity index is 994. The maximum Gasteiger partial charge on any atom is 0.224 e. The van der Waals surface area contributed by atoms with Gasteiger partial charge in [0.15, 0.2) is 5.82 Å². The second kappa shape index (κ2) is 8.37. The van der Waals surface area contributed by atoms with Crippen LogP contribution in [0.1, 0.15) is 26.3 Å². The van der Waals surface area contributed by atoms with Gasteiger partial charge in [0.2, 0.25) is 5.28 Å². The van der Waals surface area contributed by atoms with Crippen molar-refractivity contribution in [2.75, 3.05) is 18.6 Å². The summed E-state index contributed by atoms with van der Waals surface area (Å²) < 4.78 is 13.3. The van der Waals surface area contributed by atoms with E-state index in [0.717, 1.165) is 11.3 Å². The molecule has 8 heteroatoms. The lowest BCUT2D eigenvalue weighted by atomic mass is 9.59. The molecule has 156 valence electrons. The molecule has 1 fully saturated rings. The highest BCUT2D eigenvalue weighted by Crippen LogP contribution is 2.46. The Morgan fingerprint density at radius 1 is 1.14 bits per heavy atom. The third-order valence-electron chi connectivity index (χ3n) is 6.11. The molecule has 1 aromatic carbocycles. The summed E-state index contributed by atoms with van der Waals surface area (Å²) in [5, 5.41) is 4.29. The van der Waals surface area contributed by atoms with Gasteiger partial charge >= 0.3 is 0 Å². The van der Waals surface area contributed by atoms with E-state index in [1.165, 1.54) is 6.20 Å². The first-order valence-electron chi connectivity index (χ1n) is 9.69. The Hall–Kier alpha value is -1.42. The molecule has 0 bridgehead atoms. The Morgan fingerprint density at radius 2 is 1.79 bits per heavy atom. The number of aromatic nitrogens is 2. The number of nitrogens with one attached hydrogen (secondary N) is 1. The molecule has 1 aromatic heterocycles. The van der Waals surface area contributed by atoms with Gasteiger partial charge in [-0.05, 0) is 67.2 Å². The van der Waals surface area contributed by atoms with Crippen LogP contribution in [0.5, 0.6) is 0 Å². The second-order valence-corrected chi connectivity index (χ2v) is 12.3. The summed E-state index contributed by atoms with van der Waals surface area (Å²) in [5.74, 6) is 2.67. The van der Waals surface area contributed by atoms with Crippen LogP contribution >= 0.6 is 30.3 Å². The number of aryl methyl sites for hydroxylation is 1. The van der Waals surface area contributed by atoms with Gasteiger partial charge in [0.05, 0.1) is 22.9 Å². The first-order valence-corrected chi connectivity index (χ1v) is 13.0. The summed E-state index contributed by atoms with van der Waals surface area (Å²) in [7, 11) is -2.67. The molecule has 2 aromatic rings. The smallest absolute Gasteiger partial charge is 0.224 e. The zero-order valence-corrected chi connectivity index (χ0v) is 20.0. The van der Waals surface area contributed by atoms with E-state index in [1.54, 1.807) is 13.3 Å². The largest absolute Gasteiger partial charge is 0.338 e. The van der Waals surface area contributed by atoms with E-state index in [2.05, 4.69) is 36.1 Å². The van der Waals surface area contributed by atoms with E-state index >= 15 is 0 Å². The molecule has 3 rings (SSSR count). The number of halogens is 2. The molecule has 0 saturated heterocycles. The number of hydrogen-bond acceptors (Lipinski definition) is 5. The van der Waals surface area contributed by atoms with Crippen molar-refractivity contribution in [1.29, 1.82) is 0 Å². The maximum absolute atomic E-state index is 13.3. The van der Waals surface area contributed by atoms with Gasteiger partial charge in [-0.2, -0.15) is 4.98 Å². The molecular weight excluding hydrogens is 426 g/mol. The summed E-state index contributed by atoms with van der Waals surface area (Å²) in [4.78, 5) is 12.9. The molecular formula is C21H27Cl2N4OP. The van der Waals surface area contributed by atoms with E-state index in [4.69, 9.17) is 28.2 Å². The van der Waals surface area contributed by atoms with Crippen molar-refractivity contribution in [3.63, 3.8) is 0 Å². The topological polar surface area (TPSA) is 67.2 Å². The van der Waals surface area contributed by atoms with Crippen molar-refractivity contribution >= 4 is 59.1 Å². The van der Waals surface area contributed by atoms with Crippen molar-refractivity contribution in [1.82, 2.24) is 9.97 Å². The van der Waals surface area contributed by atoms with Crippen LogP contribution in [-0.2, 0) is 4.57 Å². The standard InChI is InChI=1S/C21H27Cl2N4OP/c1-11-7-8-17(26-20-16(22)10-25-21(23)27-20)19(29(5,6)28)18(11)24-9-15-13(3)12(2)14(15)4/h7-10,12-15H,1-6H3,(H,25,26,27). The summed E-state index contributed by atoms with van der Waals surface area (Å²) >= 11 is 12.1. The van der Waals surface area contributed by atoms with Crippen LogP contribution in [0.3, 0.4) is 0 Å². The molecule has 1 aliphatic rings. The Morgan fingerprint density at radius 3 is 2.41 bits per heavy atom. The van der Waals surface area contributed by atoms with Crippen LogP contribution in [0.15, 0.2) is 23.3 Å². The lowest BCUT2D eigenvalue weighted by Gasteiger charge is -2.45. The van der Waals surface area contributed by atoms with Gasteiger partial charge in [0.25, 0.3) is 0 Å². The number of nitrogens with zero attached hydrogens (tertiary/aromatic N) is 3. The van der Waals surface area contributed by atoms with E-state index in [-0.39, 0.29) is 5.28 Å². The molecule has 1 aliphatic carbocycles. The maximum atomic E-state index is 13.3. The van der Waals surface area contributed by atoms with Gasteiger partial charge < -0.3 is 9.88 Å². The summed E-state index contributed by atoms with van der Waals surface area (Å²) in [6, 6.07) is 3.84. The van der Waals surface area contributed by atoms with Crippen LogP contribution in [0, 0.1) is 30.6 Å². The molecule has 2 unspecified atom stereocenters. The number of rotatable bonds is 5. The van der Waals surface area contributed by atoms with Gasteiger partial charge in [-0.25, -0.2) is 4.98 Å². The molecule has 1 heterocycles. The number of benzene rings is 1. The van der Waals surface area contributed by atoms with Gasteiger partial charge in [-0.1, -0.05) is 38.4 Å². The minimum absolute atomic E-state index is 0.0852. The van der Waals surface area contributed by atoms with E-state index in [9.17, 15) is 4.57 Å². The lowest BCUT2D eigenvalue weighted by Crippen LogP contribution is -2.42. The zero-order valence-electron chi connectivity index (χ0n) is 17.6. The van der Waals surface area contributed by atoms with Crippen LogP contribution < -0.4 is 10.6 Å². The van der Waals surface area contributed by atoms with Gasteiger partial charge in [-0.3, -0.25) is 4.99 Å². The van der Waals surface area contributed by atoms with Crippen molar-refractivity contribution in [3.8, 4) is 0 Å². The fourth-order valence-electron chi connectivity index (χ4n) is 4.00. The molecule has 0 radical (unpaired) electrons. The molecule has 1 N–H and O–H groups in total. The molecule has 2 atom stereocenters. The Labute approximate surface area is 182 Å². The summed E-state index contributed by atoms with van der Waals surface area (Å²) in [6.07, 6.45) is 3.47. The van der Waals surface area contributed by atoms with Crippen molar-refractivity contribution in [2.24, 2.45) is 28.7 Å². The molecule has 1 saturated carbocycles. The predicted octanol–water partition coefficient (Wildman–Crippen LogP) is 6.32. The highest BCUT2D eigenvalue weighted by atomic mass is 35.5. The minimum Gasteiger partial charge on any atom is -0.338 e. The van der Waals surface area contributed by atoms with E-state index < -0.39 is 7.14 Å². The lowest BCUT2D eigenvalue weighted by molar-refractivity contribution is 0.0701. The highest BCUT2D eigenvalue weighted by Gasteiger charge is 2.40. The van der Waals surface area contributed by atoms with Gasteiger partial charge in [0.1, 0.15) is 12.2 Å². The zero-order chi connectivity index (χ0) is 21.5. The molecule has 0 amide bonds. The van der Waals surface area contributed by atoms with E-state index in [1.807, 2.05) is 25.3 Å². The third-order valence-corrected chi connectivity index (χ3v) is 8.10.